The van der Waals surface area contributed by atoms with E-state index in [1.165, 1.54) is 20.8 Å². The predicted octanol–water partition coefficient (Wildman–Crippen LogP) is 4.48. The minimum absolute atomic E-state index is 0.426. The van der Waals surface area contributed by atoms with Gasteiger partial charge >= 0.3 is 20.1 Å². The van der Waals surface area contributed by atoms with Crippen molar-refractivity contribution in [1.82, 2.24) is 4.67 Å². The van der Waals surface area contributed by atoms with E-state index in [-0.39, 0.29) is 0 Å². The Morgan fingerprint density at radius 2 is 1.17 bits per heavy atom. The van der Waals surface area contributed by atoms with Gasteiger partial charge in [-0.1, -0.05) is 0 Å². The van der Waals surface area contributed by atoms with E-state index in [2.05, 4.69) is 0 Å². The molecule has 0 aromatic carbocycles. The SMILES string of the molecule is CC(C)(C)N(C(C)(C)C(CC(F)(F)F)CC(F)(F)F)P(=O)(O)O. The highest BCUT2D eigenvalue weighted by Crippen LogP contribution is 2.54. The zero-order valence-electron chi connectivity index (χ0n) is 13.5. The van der Waals surface area contributed by atoms with Crippen LogP contribution in [-0.4, -0.2) is 37.9 Å². The van der Waals surface area contributed by atoms with E-state index in [9.17, 15) is 40.7 Å². The van der Waals surface area contributed by atoms with Crippen molar-refractivity contribution < 1.29 is 40.7 Å². The third-order valence-corrected chi connectivity index (χ3v) is 5.03. The van der Waals surface area contributed by atoms with Crippen LogP contribution in [0.3, 0.4) is 0 Å². The van der Waals surface area contributed by atoms with Gasteiger partial charge in [0.2, 0.25) is 0 Å². The molecule has 0 aliphatic heterocycles. The summed E-state index contributed by atoms with van der Waals surface area (Å²) in [4.78, 5) is 18.9. The van der Waals surface area contributed by atoms with Crippen molar-refractivity contribution >= 4 is 7.75 Å². The molecule has 0 fully saturated rings. The Kier molecular flexibility index (Phi) is 6.45. The zero-order chi connectivity index (χ0) is 19.1. The molecule has 0 aromatic heterocycles. The molecule has 4 nitrogen and oxygen atoms in total. The van der Waals surface area contributed by atoms with Crippen LogP contribution in [0, 0.1) is 5.92 Å². The lowest BCUT2D eigenvalue weighted by Gasteiger charge is -2.50. The second kappa shape index (κ2) is 6.54. The van der Waals surface area contributed by atoms with Crippen molar-refractivity contribution in [3.8, 4) is 0 Å². The Balaban J connectivity index is 6.01. The van der Waals surface area contributed by atoms with E-state index in [4.69, 9.17) is 0 Å². The number of hydrogen-bond donors (Lipinski definition) is 2. The minimum Gasteiger partial charge on any atom is -0.312 e. The zero-order valence-corrected chi connectivity index (χ0v) is 14.4. The molecule has 0 aliphatic rings. The Morgan fingerprint density at radius 1 is 0.870 bits per heavy atom. The highest BCUT2D eigenvalue weighted by molar-refractivity contribution is 7.49. The number of hydrogen-bond acceptors (Lipinski definition) is 1. The molecule has 0 saturated carbocycles. The van der Waals surface area contributed by atoms with Crippen molar-refractivity contribution in [2.24, 2.45) is 5.92 Å². The van der Waals surface area contributed by atoms with Crippen LogP contribution in [0.25, 0.3) is 0 Å². The molecule has 0 atom stereocenters. The summed E-state index contributed by atoms with van der Waals surface area (Å²) in [5, 5.41) is 0. The van der Waals surface area contributed by atoms with Gasteiger partial charge in [0, 0.05) is 23.9 Å². The fraction of sp³-hybridized carbons (Fsp3) is 1.00. The molecule has 0 amide bonds. The third kappa shape index (κ3) is 7.41. The Bertz CT molecular complexity index is 433. The molecule has 0 unspecified atom stereocenters. The molecule has 0 aromatic rings. The van der Waals surface area contributed by atoms with Gasteiger partial charge in [-0.25, -0.2) is 4.57 Å². The standard InChI is InChI=1S/C12H22F6NO3P/c1-9(2,3)19(23(20,21)22)10(4,5)8(6-11(13,14)15)7-12(16,17)18/h8H,6-7H2,1-5H3,(H2,20,21,22). The van der Waals surface area contributed by atoms with Gasteiger partial charge in [-0.05, 0) is 40.5 Å². The highest BCUT2D eigenvalue weighted by Gasteiger charge is 2.53. The topological polar surface area (TPSA) is 60.8 Å². The second-order valence-corrected chi connectivity index (χ2v) is 8.41. The minimum atomic E-state index is -5.11. The summed E-state index contributed by atoms with van der Waals surface area (Å²) in [6.45, 7) is 5.91. The first kappa shape index (κ1) is 22.7. The lowest BCUT2D eigenvalue weighted by molar-refractivity contribution is -0.188. The quantitative estimate of drug-likeness (QED) is 0.551. The fourth-order valence-electron chi connectivity index (χ4n) is 2.89. The average molecular weight is 373 g/mol. The summed E-state index contributed by atoms with van der Waals surface area (Å²) in [6, 6.07) is 0. The van der Waals surface area contributed by atoms with Crippen LogP contribution in [0.5, 0.6) is 0 Å². The molecule has 0 aliphatic carbocycles. The maximum Gasteiger partial charge on any atom is 0.403 e. The summed E-state index contributed by atoms with van der Waals surface area (Å²) in [6.07, 6.45) is -13.4. The van der Waals surface area contributed by atoms with Crippen molar-refractivity contribution in [1.29, 1.82) is 0 Å². The van der Waals surface area contributed by atoms with Crippen LogP contribution < -0.4 is 0 Å². The summed E-state index contributed by atoms with van der Waals surface area (Å²) in [5.74, 6) is -2.07. The van der Waals surface area contributed by atoms with E-state index in [1.54, 1.807) is 0 Å². The van der Waals surface area contributed by atoms with E-state index < -0.39 is 49.9 Å². The average Bonchev–Trinajstić information content (AvgIpc) is 2.04. The molecule has 0 heterocycles. The smallest absolute Gasteiger partial charge is 0.312 e. The number of rotatable bonds is 5. The normalized spacial score (nSPS) is 15.6. The van der Waals surface area contributed by atoms with Crippen LogP contribution >= 0.6 is 7.75 Å². The van der Waals surface area contributed by atoms with Gasteiger partial charge in [-0.15, -0.1) is 0 Å². The molecule has 11 heteroatoms. The second-order valence-electron chi connectivity index (χ2n) is 6.99. The van der Waals surface area contributed by atoms with Gasteiger partial charge in [0.25, 0.3) is 0 Å². The van der Waals surface area contributed by atoms with Gasteiger partial charge in [0.15, 0.2) is 0 Å². The fourth-order valence-corrected chi connectivity index (χ4v) is 4.51. The summed E-state index contributed by atoms with van der Waals surface area (Å²) >= 11 is 0. The number of halogens is 6. The maximum absolute atomic E-state index is 12.7. The summed E-state index contributed by atoms with van der Waals surface area (Å²) < 4.78 is 88.3. The van der Waals surface area contributed by atoms with Crippen molar-refractivity contribution in [3.63, 3.8) is 0 Å². The van der Waals surface area contributed by atoms with Crippen LogP contribution in [0.1, 0.15) is 47.5 Å². The van der Waals surface area contributed by atoms with Crippen LogP contribution in [0.4, 0.5) is 26.3 Å². The third-order valence-electron chi connectivity index (χ3n) is 3.40. The van der Waals surface area contributed by atoms with Gasteiger partial charge < -0.3 is 9.79 Å². The molecule has 0 spiro atoms. The monoisotopic (exact) mass is 373 g/mol. The lowest BCUT2D eigenvalue weighted by Crippen LogP contribution is -2.56. The maximum atomic E-state index is 12.7. The first-order valence-electron chi connectivity index (χ1n) is 6.68. The molecule has 0 radical (unpaired) electrons. The highest BCUT2D eigenvalue weighted by atomic mass is 31.2. The largest absolute Gasteiger partial charge is 0.403 e. The number of nitrogens with zero attached hydrogens (tertiary/aromatic N) is 1. The Morgan fingerprint density at radius 3 is 1.35 bits per heavy atom. The lowest BCUT2D eigenvalue weighted by atomic mass is 9.80. The molecule has 0 bridgehead atoms. The van der Waals surface area contributed by atoms with Crippen LogP contribution in [0.15, 0.2) is 0 Å². The van der Waals surface area contributed by atoms with Gasteiger partial charge in [-0.2, -0.15) is 31.0 Å². The van der Waals surface area contributed by atoms with Crippen LogP contribution in [0.2, 0.25) is 0 Å². The Hall–Kier alpha value is -0.310. The van der Waals surface area contributed by atoms with Gasteiger partial charge in [-0.3, -0.25) is 0 Å². The summed E-state index contributed by atoms with van der Waals surface area (Å²) in [5.41, 5.74) is -3.40. The Labute approximate surface area is 131 Å². The molecule has 2 N–H and O–H groups in total. The first-order chi connectivity index (χ1) is 9.68. The van der Waals surface area contributed by atoms with Crippen LogP contribution in [-0.2, 0) is 4.57 Å². The van der Waals surface area contributed by atoms with Crippen molar-refractivity contribution in [2.45, 2.75) is 70.9 Å². The van der Waals surface area contributed by atoms with Crippen molar-refractivity contribution in [3.05, 3.63) is 0 Å². The predicted molar refractivity (Wildman–Crippen MR) is 72.5 cm³/mol. The molecule has 140 valence electrons. The van der Waals surface area contributed by atoms with Gasteiger partial charge in [0.1, 0.15) is 0 Å². The number of alkyl halides is 6. The molecular weight excluding hydrogens is 351 g/mol. The molecular formula is C12H22F6NO3P. The van der Waals surface area contributed by atoms with Gasteiger partial charge in [0.05, 0.1) is 0 Å². The van der Waals surface area contributed by atoms with E-state index >= 15 is 0 Å². The first-order valence-corrected chi connectivity index (χ1v) is 8.24. The molecule has 23 heavy (non-hydrogen) atoms. The molecule has 0 saturated heterocycles. The van der Waals surface area contributed by atoms with E-state index in [0.717, 1.165) is 13.8 Å². The molecule has 0 rings (SSSR count). The van der Waals surface area contributed by atoms with E-state index in [1.807, 2.05) is 0 Å². The van der Waals surface area contributed by atoms with E-state index in [0.29, 0.717) is 4.67 Å². The summed E-state index contributed by atoms with van der Waals surface area (Å²) in [7, 11) is -5.11. The van der Waals surface area contributed by atoms with Crippen molar-refractivity contribution in [2.75, 3.05) is 0 Å².